The highest BCUT2D eigenvalue weighted by atomic mass is 19.4. The molecule has 0 unspecified atom stereocenters. The zero-order valence-electron chi connectivity index (χ0n) is 14.0. The van der Waals surface area contributed by atoms with Gasteiger partial charge in [0.15, 0.2) is 5.96 Å². The smallest absolute Gasteiger partial charge is 0.383 e. The fourth-order valence-electron chi connectivity index (χ4n) is 1.86. The van der Waals surface area contributed by atoms with Crippen LogP contribution < -0.4 is 16.0 Å². The molecule has 0 aliphatic heterocycles. The molecular formula is C16H25F3N4O. The molecule has 1 rings (SSSR count). The number of nitrogens with one attached hydrogen (secondary N) is 3. The summed E-state index contributed by atoms with van der Waals surface area (Å²) >= 11 is 0. The van der Waals surface area contributed by atoms with Crippen LogP contribution in [0, 0.1) is 0 Å². The van der Waals surface area contributed by atoms with Crippen LogP contribution in [0.25, 0.3) is 0 Å². The quantitative estimate of drug-likeness (QED) is 0.366. The number of hydrogen-bond donors (Lipinski definition) is 3. The van der Waals surface area contributed by atoms with Gasteiger partial charge < -0.3 is 20.7 Å². The lowest BCUT2D eigenvalue weighted by atomic mass is 10.2. The first-order chi connectivity index (χ1) is 11.4. The number of methoxy groups -OCH3 is 1. The van der Waals surface area contributed by atoms with Crippen molar-refractivity contribution in [2.45, 2.75) is 26.1 Å². The molecular weight excluding hydrogens is 321 g/mol. The molecule has 8 heteroatoms. The van der Waals surface area contributed by atoms with E-state index < -0.39 is 12.6 Å². The summed E-state index contributed by atoms with van der Waals surface area (Å²) in [6, 6.07) is 7.73. The van der Waals surface area contributed by atoms with Crippen LogP contribution in [-0.4, -0.2) is 45.5 Å². The molecule has 0 bridgehead atoms. The first-order valence-corrected chi connectivity index (χ1v) is 7.85. The molecule has 0 saturated heterocycles. The first kappa shape index (κ1) is 20.1. The Labute approximate surface area is 140 Å². The molecule has 0 radical (unpaired) electrons. The zero-order chi connectivity index (χ0) is 17.8. The molecule has 1 aromatic carbocycles. The van der Waals surface area contributed by atoms with Crippen LogP contribution >= 0.6 is 0 Å². The normalized spacial score (nSPS) is 12.1. The standard InChI is InChI=1S/C16H25F3N4O/c1-3-20-15(22-9-8-16(17,18)19)23-12-13-4-6-14(7-5-13)21-10-11-24-2/h4-7,21H,3,8-12H2,1-2H3,(H2,20,22,23). The average molecular weight is 346 g/mol. The van der Waals surface area contributed by atoms with Crippen molar-refractivity contribution in [2.24, 2.45) is 4.99 Å². The van der Waals surface area contributed by atoms with E-state index in [-0.39, 0.29) is 6.54 Å². The highest BCUT2D eigenvalue weighted by Gasteiger charge is 2.26. The Hall–Kier alpha value is -1.96. The Morgan fingerprint density at radius 1 is 1.12 bits per heavy atom. The summed E-state index contributed by atoms with van der Waals surface area (Å²) in [5.74, 6) is 0.379. The van der Waals surface area contributed by atoms with Gasteiger partial charge in [0.05, 0.1) is 19.6 Å². The molecule has 0 saturated carbocycles. The van der Waals surface area contributed by atoms with Gasteiger partial charge in [0.1, 0.15) is 0 Å². The molecule has 0 atom stereocenters. The molecule has 0 fully saturated rings. The molecule has 1 aromatic rings. The number of alkyl halides is 3. The maximum absolute atomic E-state index is 12.2. The van der Waals surface area contributed by atoms with Crippen molar-refractivity contribution < 1.29 is 17.9 Å². The van der Waals surface area contributed by atoms with Gasteiger partial charge in [-0.25, -0.2) is 4.99 Å². The Balaban J connectivity index is 2.49. The van der Waals surface area contributed by atoms with E-state index >= 15 is 0 Å². The third-order valence-corrected chi connectivity index (χ3v) is 3.05. The molecule has 0 aliphatic rings. The highest BCUT2D eigenvalue weighted by molar-refractivity contribution is 5.79. The summed E-state index contributed by atoms with van der Waals surface area (Å²) < 4.78 is 41.5. The van der Waals surface area contributed by atoms with E-state index in [9.17, 15) is 13.2 Å². The van der Waals surface area contributed by atoms with E-state index in [2.05, 4.69) is 20.9 Å². The van der Waals surface area contributed by atoms with Crippen LogP contribution in [0.2, 0.25) is 0 Å². The minimum Gasteiger partial charge on any atom is -0.383 e. The Bertz CT molecular complexity index is 489. The largest absolute Gasteiger partial charge is 0.390 e. The number of ether oxygens (including phenoxy) is 1. The summed E-state index contributed by atoms with van der Waals surface area (Å²) in [5, 5.41) is 8.82. The summed E-state index contributed by atoms with van der Waals surface area (Å²) in [6.45, 7) is 3.99. The van der Waals surface area contributed by atoms with Crippen LogP contribution in [-0.2, 0) is 11.3 Å². The molecule has 0 spiro atoms. The van der Waals surface area contributed by atoms with Gasteiger partial charge in [0.2, 0.25) is 0 Å². The molecule has 0 aliphatic carbocycles. The fourth-order valence-corrected chi connectivity index (χ4v) is 1.86. The lowest BCUT2D eigenvalue weighted by Crippen LogP contribution is -2.38. The second kappa shape index (κ2) is 10.7. The Kier molecular flexibility index (Phi) is 8.99. The number of halogens is 3. The van der Waals surface area contributed by atoms with Gasteiger partial charge in [-0.1, -0.05) is 12.1 Å². The van der Waals surface area contributed by atoms with Crippen LogP contribution in [0.1, 0.15) is 18.9 Å². The van der Waals surface area contributed by atoms with Gasteiger partial charge in [-0.15, -0.1) is 0 Å². The summed E-state index contributed by atoms with van der Waals surface area (Å²) in [4.78, 5) is 4.30. The number of guanidine groups is 1. The monoisotopic (exact) mass is 346 g/mol. The minimum absolute atomic E-state index is 0.197. The number of aliphatic imine (C=N–C) groups is 1. The SMILES string of the molecule is CCNC(=NCc1ccc(NCCOC)cc1)NCCC(F)(F)F. The topological polar surface area (TPSA) is 57.7 Å². The summed E-state index contributed by atoms with van der Waals surface area (Å²) in [6.07, 6.45) is -5.06. The van der Waals surface area contributed by atoms with Crippen LogP contribution in [0.5, 0.6) is 0 Å². The number of nitrogens with zero attached hydrogens (tertiary/aromatic N) is 1. The Morgan fingerprint density at radius 2 is 1.83 bits per heavy atom. The van der Waals surface area contributed by atoms with E-state index in [4.69, 9.17) is 4.74 Å². The fraction of sp³-hybridized carbons (Fsp3) is 0.562. The van der Waals surface area contributed by atoms with E-state index in [0.717, 1.165) is 17.8 Å². The van der Waals surface area contributed by atoms with Gasteiger partial charge in [-0.2, -0.15) is 13.2 Å². The first-order valence-electron chi connectivity index (χ1n) is 7.85. The van der Waals surface area contributed by atoms with Crippen molar-refractivity contribution >= 4 is 11.6 Å². The van der Waals surface area contributed by atoms with E-state index in [1.165, 1.54) is 0 Å². The van der Waals surface area contributed by atoms with E-state index in [1.807, 2.05) is 31.2 Å². The second-order valence-corrected chi connectivity index (χ2v) is 5.10. The average Bonchev–Trinajstić information content (AvgIpc) is 2.53. The molecule has 136 valence electrons. The van der Waals surface area contributed by atoms with Crippen LogP contribution in [0.3, 0.4) is 0 Å². The third-order valence-electron chi connectivity index (χ3n) is 3.05. The van der Waals surface area contributed by atoms with Gasteiger partial charge in [-0.05, 0) is 24.6 Å². The summed E-state index contributed by atoms with van der Waals surface area (Å²) in [5.41, 5.74) is 1.95. The van der Waals surface area contributed by atoms with Crippen LogP contribution in [0.4, 0.5) is 18.9 Å². The maximum Gasteiger partial charge on any atom is 0.390 e. The van der Waals surface area contributed by atoms with Crippen molar-refractivity contribution in [3.8, 4) is 0 Å². The molecule has 24 heavy (non-hydrogen) atoms. The summed E-state index contributed by atoms with van der Waals surface area (Å²) in [7, 11) is 1.65. The zero-order valence-corrected chi connectivity index (χ0v) is 14.0. The van der Waals surface area contributed by atoms with E-state index in [1.54, 1.807) is 7.11 Å². The number of anilines is 1. The van der Waals surface area contributed by atoms with Gasteiger partial charge >= 0.3 is 6.18 Å². The predicted octanol–water partition coefficient (Wildman–Crippen LogP) is 2.75. The second-order valence-electron chi connectivity index (χ2n) is 5.10. The predicted molar refractivity (Wildman–Crippen MR) is 90.3 cm³/mol. The van der Waals surface area contributed by atoms with Crippen LogP contribution in [0.15, 0.2) is 29.3 Å². The molecule has 5 nitrogen and oxygen atoms in total. The van der Waals surface area contributed by atoms with Gasteiger partial charge in [-0.3, -0.25) is 0 Å². The van der Waals surface area contributed by atoms with Crippen molar-refractivity contribution in [2.75, 3.05) is 38.7 Å². The Morgan fingerprint density at radius 3 is 2.42 bits per heavy atom. The third kappa shape index (κ3) is 9.24. The lowest BCUT2D eigenvalue weighted by Gasteiger charge is -2.12. The number of benzene rings is 1. The molecule has 0 aromatic heterocycles. The van der Waals surface area contributed by atoms with Gasteiger partial charge in [0.25, 0.3) is 0 Å². The van der Waals surface area contributed by atoms with E-state index in [0.29, 0.717) is 25.7 Å². The number of rotatable bonds is 9. The highest BCUT2D eigenvalue weighted by Crippen LogP contribution is 2.18. The molecule has 0 heterocycles. The maximum atomic E-state index is 12.2. The van der Waals surface area contributed by atoms with Crippen molar-refractivity contribution in [1.82, 2.24) is 10.6 Å². The van der Waals surface area contributed by atoms with Crippen molar-refractivity contribution in [1.29, 1.82) is 0 Å². The van der Waals surface area contributed by atoms with Crippen molar-refractivity contribution in [3.05, 3.63) is 29.8 Å². The minimum atomic E-state index is -4.17. The van der Waals surface area contributed by atoms with Gasteiger partial charge in [0, 0.05) is 32.4 Å². The van der Waals surface area contributed by atoms with Crippen molar-refractivity contribution in [3.63, 3.8) is 0 Å². The molecule has 0 amide bonds. The number of hydrogen-bond acceptors (Lipinski definition) is 3. The lowest BCUT2D eigenvalue weighted by molar-refractivity contribution is -0.132. The molecule has 3 N–H and O–H groups in total.